The molecule has 0 saturated heterocycles. The summed E-state index contributed by atoms with van der Waals surface area (Å²) >= 11 is 0. The van der Waals surface area contributed by atoms with Crippen LogP contribution in [0.3, 0.4) is 0 Å². The van der Waals surface area contributed by atoms with E-state index in [1.165, 1.54) is 23.1 Å². The second kappa shape index (κ2) is 7.86. The highest BCUT2D eigenvalue weighted by Gasteiger charge is 2.11. The van der Waals surface area contributed by atoms with E-state index in [2.05, 4.69) is 73.8 Å². The van der Waals surface area contributed by atoms with Crippen molar-refractivity contribution in [3.63, 3.8) is 0 Å². The quantitative estimate of drug-likeness (QED) is 0.737. The van der Waals surface area contributed by atoms with Gasteiger partial charge in [-0.2, -0.15) is 0 Å². The first-order valence-corrected chi connectivity index (χ1v) is 7.60. The van der Waals surface area contributed by atoms with Gasteiger partial charge >= 0.3 is 0 Å². The third-order valence-corrected chi connectivity index (χ3v) is 3.69. The van der Waals surface area contributed by atoms with Crippen molar-refractivity contribution >= 4 is 0 Å². The Bertz CT molecular complexity index is 487. The molecule has 1 unspecified atom stereocenters. The number of benzene rings is 2. The van der Waals surface area contributed by atoms with Gasteiger partial charge in [0.1, 0.15) is 0 Å². The maximum absolute atomic E-state index is 3.57. The summed E-state index contributed by atoms with van der Waals surface area (Å²) in [6.07, 6.45) is 2.28. The Kier molecular flexibility index (Phi) is 5.82. The van der Waals surface area contributed by atoms with Crippen molar-refractivity contribution in [3.8, 4) is 0 Å². The Labute approximate surface area is 123 Å². The van der Waals surface area contributed by atoms with E-state index in [-0.39, 0.29) is 0 Å². The minimum Gasteiger partial charge on any atom is -0.316 e. The van der Waals surface area contributed by atoms with Gasteiger partial charge in [0.2, 0.25) is 0 Å². The summed E-state index contributed by atoms with van der Waals surface area (Å²) < 4.78 is 0. The summed E-state index contributed by atoms with van der Waals surface area (Å²) in [4.78, 5) is 0. The van der Waals surface area contributed by atoms with Crippen molar-refractivity contribution in [2.24, 2.45) is 0 Å². The molecule has 20 heavy (non-hydrogen) atoms. The van der Waals surface area contributed by atoms with E-state index in [0.29, 0.717) is 5.92 Å². The summed E-state index contributed by atoms with van der Waals surface area (Å²) in [5, 5.41) is 3.57. The fourth-order valence-electron chi connectivity index (χ4n) is 2.50. The molecular formula is C19H25N. The number of hydrogen-bond acceptors (Lipinski definition) is 1. The van der Waals surface area contributed by atoms with E-state index >= 15 is 0 Å². The molecule has 0 radical (unpaired) electrons. The van der Waals surface area contributed by atoms with Gasteiger partial charge in [-0.05, 0) is 37.4 Å². The topological polar surface area (TPSA) is 12.0 Å². The zero-order chi connectivity index (χ0) is 14.2. The number of rotatable bonds is 7. The van der Waals surface area contributed by atoms with Crippen molar-refractivity contribution in [1.29, 1.82) is 0 Å². The van der Waals surface area contributed by atoms with Crippen LogP contribution in [0.2, 0.25) is 0 Å². The molecule has 0 fully saturated rings. The zero-order valence-corrected chi connectivity index (χ0v) is 12.6. The molecule has 0 aliphatic carbocycles. The molecule has 0 aliphatic heterocycles. The molecule has 0 amide bonds. The molecule has 0 spiro atoms. The summed E-state index contributed by atoms with van der Waals surface area (Å²) in [6.45, 7) is 6.50. The Morgan fingerprint density at radius 1 is 0.950 bits per heavy atom. The first kappa shape index (κ1) is 14.8. The second-order valence-corrected chi connectivity index (χ2v) is 5.50. The van der Waals surface area contributed by atoms with E-state index in [0.717, 1.165) is 19.5 Å². The molecule has 0 aromatic heterocycles. The molecule has 106 valence electrons. The average molecular weight is 267 g/mol. The van der Waals surface area contributed by atoms with E-state index in [9.17, 15) is 0 Å². The maximum Gasteiger partial charge on any atom is 0.00233 e. The van der Waals surface area contributed by atoms with Gasteiger partial charge in [-0.3, -0.25) is 0 Å². The molecule has 1 atom stereocenters. The van der Waals surface area contributed by atoms with Gasteiger partial charge in [-0.1, -0.05) is 67.1 Å². The molecule has 0 bridgehead atoms. The van der Waals surface area contributed by atoms with Gasteiger partial charge in [0.05, 0.1) is 0 Å². The molecule has 1 N–H and O–H groups in total. The smallest absolute Gasteiger partial charge is 0.00233 e. The van der Waals surface area contributed by atoms with E-state index < -0.39 is 0 Å². The molecular weight excluding hydrogens is 242 g/mol. The minimum atomic E-state index is 0.546. The summed E-state index contributed by atoms with van der Waals surface area (Å²) in [5.74, 6) is 0.546. The highest BCUT2D eigenvalue weighted by molar-refractivity contribution is 5.27. The van der Waals surface area contributed by atoms with Crippen LogP contribution in [0.4, 0.5) is 0 Å². The van der Waals surface area contributed by atoms with Crippen molar-refractivity contribution < 1.29 is 0 Å². The summed E-state index contributed by atoms with van der Waals surface area (Å²) in [6, 6.07) is 19.8. The van der Waals surface area contributed by atoms with Crippen molar-refractivity contribution in [3.05, 3.63) is 71.3 Å². The Balaban J connectivity index is 2.09. The van der Waals surface area contributed by atoms with Crippen molar-refractivity contribution in [2.75, 3.05) is 13.1 Å². The Hall–Kier alpha value is -1.60. The van der Waals surface area contributed by atoms with Crippen LogP contribution in [0.15, 0.2) is 54.6 Å². The van der Waals surface area contributed by atoms with E-state index in [4.69, 9.17) is 0 Å². The Morgan fingerprint density at radius 3 is 2.30 bits per heavy atom. The number of aryl methyl sites for hydroxylation is 1. The van der Waals surface area contributed by atoms with Crippen LogP contribution >= 0.6 is 0 Å². The highest BCUT2D eigenvalue weighted by atomic mass is 14.8. The third kappa shape index (κ3) is 4.50. The monoisotopic (exact) mass is 267 g/mol. The van der Waals surface area contributed by atoms with Gasteiger partial charge in [0, 0.05) is 12.5 Å². The van der Waals surface area contributed by atoms with Gasteiger partial charge < -0.3 is 5.32 Å². The zero-order valence-electron chi connectivity index (χ0n) is 12.6. The standard InChI is InChI=1S/C19H25N/c1-3-13-20-15-19(14-17-7-5-4-6-8-17)18-11-9-16(2)10-12-18/h4-12,19-20H,3,13-15H2,1-2H3. The van der Waals surface area contributed by atoms with Crippen LogP contribution in [0.1, 0.15) is 36.0 Å². The van der Waals surface area contributed by atoms with Gasteiger partial charge in [0.15, 0.2) is 0 Å². The second-order valence-electron chi connectivity index (χ2n) is 5.50. The van der Waals surface area contributed by atoms with E-state index in [1.54, 1.807) is 0 Å². The molecule has 1 heteroatoms. The normalized spacial score (nSPS) is 12.3. The third-order valence-electron chi connectivity index (χ3n) is 3.69. The molecule has 2 aromatic rings. The molecule has 0 heterocycles. The SMILES string of the molecule is CCCNCC(Cc1ccccc1)c1ccc(C)cc1. The van der Waals surface area contributed by atoms with Crippen LogP contribution < -0.4 is 5.32 Å². The lowest BCUT2D eigenvalue weighted by atomic mass is 9.91. The van der Waals surface area contributed by atoms with Crippen LogP contribution in [0.5, 0.6) is 0 Å². The lowest BCUT2D eigenvalue weighted by Gasteiger charge is -2.18. The van der Waals surface area contributed by atoms with Crippen LogP contribution in [0.25, 0.3) is 0 Å². The molecule has 0 aliphatic rings. The van der Waals surface area contributed by atoms with E-state index in [1.807, 2.05) is 0 Å². The van der Waals surface area contributed by atoms with Crippen molar-refractivity contribution in [2.45, 2.75) is 32.6 Å². The van der Waals surface area contributed by atoms with Gasteiger partial charge in [-0.15, -0.1) is 0 Å². The summed E-state index contributed by atoms with van der Waals surface area (Å²) in [7, 11) is 0. The van der Waals surface area contributed by atoms with Crippen LogP contribution in [-0.4, -0.2) is 13.1 Å². The average Bonchev–Trinajstić information content (AvgIpc) is 2.48. The molecule has 0 saturated carbocycles. The summed E-state index contributed by atoms with van der Waals surface area (Å²) in [5.41, 5.74) is 4.17. The van der Waals surface area contributed by atoms with Crippen LogP contribution in [0, 0.1) is 6.92 Å². The van der Waals surface area contributed by atoms with Gasteiger partial charge in [0.25, 0.3) is 0 Å². The predicted octanol–water partition coefficient (Wildman–Crippen LogP) is 4.32. The first-order valence-electron chi connectivity index (χ1n) is 7.60. The predicted molar refractivity (Wildman–Crippen MR) is 87.2 cm³/mol. The van der Waals surface area contributed by atoms with Gasteiger partial charge in [-0.25, -0.2) is 0 Å². The molecule has 1 nitrogen and oxygen atoms in total. The molecule has 2 aromatic carbocycles. The lowest BCUT2D eigenvalue weighted by molar-refractivity contribution is 0.576. The van der Waals surface area contributed by atoms with Crippen molar-refractivity contribution in [1.82, 2.24) is 5.32 Å². The molecule has 2 rings (SSSR count). The fraction of sp³-hybridized carbons (Fsp3) is 0.368. The highest BCUT2D eigenvalue weighted by Crippen LogP contribution is 2.21. The Morgan fingerprint density at radius 2 is 1.65 bits per heavy atom. The number of nitrogens with one attached hydrogen (secondary N) is 1. The lowest BCUT2D eigenvalue weighted by Crippen LogP contribution is -2.23. The first-order chi connectivity index (χ1) is 9.79. The number of hydrogen-bond donors (Lipinski definition) is 1. The maximum atomic E-state index is 3.57. The largest absolute Gasteiger partial charge is 0.316 e. The minimum absolute atomic E-state index is 0.546. The van der Waals surface area contributed by atoms with Crippen LogP contribution in [-0.2, 0) is 6.42 Å². The fourth-order valence-corrected chi connectivity index (χ4v) is 2.50.